The minimum Gasteiger partial charge on any atom is -0.448 e. The molecule has 1 heterocycles. The highest BCUT2D eigenvalue weighted by Crippen LogP contribution is 2.30. The summed E-state index contributed by atoms with van der Waals surface area (Å²) >= 11 is 3.43. The third kappa shape index (κ3) is 4.48. The molecule has 0 spiro atoms. The van der Waals surface area contributed by atoms with Crippen LogP contribution in [-0.2, 0) is 4.74 Å². The number of aromatic nitrogens is 1. The lowest BCUT2D eigenvalue weighted by molar-refractivity contribution is 0.132. The Morgan fingerprint density at radius 1 is 1.39 bits per heavy atom. The number of hydrogen-bond donors (Lipinski definition) is 3. The molecule has 1 aromatic heterocycles. The van der Waals surface area contributed by atoms with Crippen molar-refractivity contribution in [3.63, 3.8) is 0 Å². The van der Waals surface area contributed by atoms with Crippen LogP contribution in [0.4, 0.5) is 16.3 Å². The van der Waals surface area contributed by atoms with Crippen molar-refractivity contribution in [2.45, 2.75) is 26.8 Å². The molecule has 0 saturated carbocycles. The average molecular weight is 381 g/mol. The fourth-order valence-electron chi connectivity index (χ4n) is 2.20. The van der Waals surface area contributed by atoms with Crippen molar-refractivity contribution in [1.29, 1.82) is 0 Å². The Hall–Kier alpha value is -2.02. The number of nitrogens with zero attached hydrogens (tertiary/aromatic N) is 1. The van der Waals surface area contributed by atoms with Crippen molar-refractivity contribution in [3.8, 4) is 0 Å². The second kappa shape index (κ2) is 6.62. The van der Waals surface area contributed by atoms with E-state index in [9.17, 15) is 4.79 Å². The molecule has 2 rings (SSSR count). The molecule has 5 N–H and O–H groups in total. The van der Waals surface area contributed by atoms with Gasteiger partial charge in [0.15, 0.2) is 0 Å². The zero-order valence-electron chi connectivity index (χ0n) is 13.4. The summed E-state index contributed by atoms with van der Waals surface area (Å²) in [5.41, 5.74) is 12.5. The number of nitrogens with two attached hydrogens (primary N) is 2. The average Bonchev–Trinajstić information content (AvgIpc) is 2.40. The molecule has 0 aliphatic rings. The van der Waals surface area contributed by atoms with Gasteiger partial charge in [-0.3, -0.25) is 0 Å². The topological polar surface area (TPSA) is 103 Å². The molecular weight excluding hydrogens is 360 g/mol. The molecule has 0 aliphatic carbocycles. The molecule has 0 radical (unpaired) electrons. The van der Waals surface area contributed by atoms with Crippen LogP contribution < -0.4 is 16.8 Å². The van der Waals surface area contributed by atoms with E-state index in [4.69, 9.17) is 16.2 Å². The van der Waals surface area contributed by atoms with E-state index in [1.165, 1.54) is 0 Å². The first kappa shape index (κ1) is 17.3. The minimum absolute atomic E-state index is 0.136. The third-order valence-electron chi connectivity index (χ3n) is 3.56. The summed E-state index contributed by atoms with van der Waals surface area (Å²) in [6.45, 7) is 6.33. The molecule has 124 valence electrons. The summed E-state index contributed by atoms with van der Waals surface area (Å²) in [7, 11) is 0. The third-order valence-corrected chi connectivity index (χ3v) is 4.05. The summed E-state index contributed by atoms with van der Waals surface area (Å²) < 4.78 is 5.92. The van der Waals surface area contributed by atoms with Crippen LogP contribution in [0, 0.1) is 5.41 Å². The SMILES string of the molecule is CC(C)(C)C(COC(N)=O)Nc1cc(N)nc2cc(Br)ccc12. The van der Waals surface area contributed by atoms with Crippen molar-refractivity contribution < 1.29 is 9.53 Å². The molecule has 1 unspecified atom stereocenters. The monoisotopic (exact) mass is 380 g/mol. The summed E-state index contributed by atoms with van der Waals surface area (Å²) in [6.07, 6.45) is -0.788. The van der Waals surface area contributed by atoms with Crippen LogP contribution in [-0.4, -0.2) is 23.7 Å². The maximum absolute atomic E-state index is 10.9. The number of hydrogen-bond acceptors (Lipinski definition) is 5. The standard InChI is InChI=1S/C16H21BrN4O2/c1-16(2,3)13(8-23-15(19)22)20-12-7-14(18)21-11-6-9(17)4-5-10(11)12/h4-7,13H,8H2,1-3H3,(H2,19,22)(H3,18,20,21). The summed E-state index contributed by atoms with van der Waals surface area (Å²) in [4.78, 5) is 15.3. The molecule has 0 saturated heterocycles. The second-order valence-corrected chi connectivity index (χ2v) is 7.36. The van der Waals surface area contributed by atoms with Gasteiger partial charge in [0.05, 0.1) is 11.6 Å². The van der Waals surface area contributed by atoms with Gasteiger partial charge in [0.25, 0.3) is 0 Å². The Morgan fingerprint density at radius 3 is 2.70 bits per heavy atom. The molecular formula is C16H21BrN4O2. The molecule has 2 aromatic rings. The molecule has 23 heavy (non-hydrogen) atoms. The van der Waals surface area contributed by atoms with Gasteiger partial charge < -0.3 is 21.5 Å². The number of halogens is 1. The lowest BCUT2D eigenvalue weighted by Gasteiger charge is -2.32. The maximum Gasteiger partial charge on any atom is 0.404 e. The largest absolute Gasteiger partial charge is 0.448 e. The van der Waals surface area contributed by atoms with Gasteiger partial charge in [-0.05, 0) is 23.6 Å². The second-order valence-electron chi connectivity index (χ2n) is 6.45. The number of anilines is 2. The van der Waals surface area contributed by atoms with Crippen LogP contribution in [0.5, 0.6) is 0 Å². The summed E-state index contributed by atoms with van der Waals surface area (Å²) in [5, 5.41) is 4.35. The lowest BCUT2D eigenvalue weighted by Crippen LogP contribution is -2.39. The zero-order chi connectivity index (χ0) is 17.2. The Balaban J connectivity index is 2.39. The van der Waals surface area contributed by atoms with Crippen LogP contribution in [0.3, 0.4) is 0 Å². The van der Waals surface area contributed by atoms with Gasteiger partial charge in [0.2, 0.25) is 0 Å². The Kier molecular flexibility index (Phi) is 4.99. The van der Waals surface area contributed by atoms with E-state index in [2.05, 4.69) is 47.0 Å². The van der Waals surface area contributed by atoms with E-state index in [-0.39, 0.29) is 18.1 Å². The van der Waals surface area contributed by atoms with Crippen LogP contribution in [0.25, 0.3) is 10.9 Å². The van der Waals surface area contributed by atoms with Gasteiger partial charge in [0.1, 0.15) is 12.4 Å². The van der Waals surface area contributed by atoms with Gasteiger partial charge in [-0.1, -0.05) is 36.7 Å². The number of rotatable bonds is 4. The number of ether oxygens (including phenoxy) is 1. The molecule has 1 atom stereocenters. The number of amides is 1. The van der Waals surface area contributed by atoms with Gasteiger partial charge in [0, 0.05) is 21.6 Å². The molecule has 7 heteroatoms. The van der Waals surface area contributed by atoms with Gasteiger partial charge >= 0.3 is 6.09 Å². The van der Waals surface area contributed by atoms with E-state index in [1.807, 2.05) is 18.2 Å². The molecule has 0 aliphatic heterocycles. The quantitative estimate of drug-likeness (QED) is 0.752. The zero-order valence-corrected chi connectivity index (χ0v) is 15.0. The lowest BCUT2D eigenvalue weighted by atomic mass is 9.87. The van der Waals surface area contributed by atoms with Gasteiger partial charge in [-0.15, -0.1) is 0 Å². The van der Waals surface area contributed by atoms with E-state index in [0.29, 0.717) is 5.82 Å². The van der Waals surface area contributed by atoms with Crippen molar-refractivity contribution in [2.24, 2.45) is 11.1 Å². The number of fused-ring (bicyclic) bond motifs is 1. The van der Waals surface area contributed by atoms with Crippen molar-refractivity contribution >= 4 is 44.4 Å². The Bertz CT molecular complexity index is 723. The number of pyridine rings is 1. The van der Waals surface area contributed by atoms with Crippen molar-refractivity contribution in [1.82, 2.24) is 4.98 Å². The predicted octanol–water partition coefficient (Wildman–Crippen LogP) is 3.50. The number of carbonyl (C=O) groups is 1. The molecule has 0 fully saturated rings. The van der Waals surface area contributed by atoms with E-state index in [1.54, 1.807) is 6.07 Å². The highest BCUT2D eigenvalue weighted by atomic mass is 79.9. The summed E-state index contributed by atoms with van der Waals surface area (Å²) in [6, 6.07) is 7.45. The molecule has 1 aromatic carbocycles. The van der Waals surface area contributed by atoms with E-state index >= 15 is 0 Å². The molecule has 6 nitrogen and oxygen atoms in total. The number of nitrogen functional groups attached to an aromatic ring is 1. The number of primary amides is 1. The van der Waals surface area contributed by atoms with Crippen LogP contribution in [0.2, 0.25) is 0 Å². The first-order valence-corrected chi connectivity index (χ1v) is 8.00. The van der Waals surface area contributed by atoms with E-state index < -0.39 is 6.09 Å². The fraction of sp³-hybridized carbons (Fsp3) is 0.375. The molecule has 1 amide bonds. The van der Waals surface area contributed by atoms with Crippen LogP contribution in [0.15, 0.2) is 28.7 Å². The first-order valence-electron chi connectivity index (χ1n) is 7.21. The summed E-state index contributed by atoms with van der Waals surface area (Å²) in [5.74, 6) is 0.418. The molecule has 0 bridgehead atoms. The van der Waals surface area contributed by atoms with Crippen molar-refractivity contribution in [2.75, 3.05) is 17.7 Å². The normalized spacial score (nSPS) is 12.9. The maximum atomic E-state index is 10.9. The van der Waals surface area contributed by atoms with Crippen LogP contribution >= 0.6 is 15.9 Å². The number of benzene rings is 1. The van der Waals surface area contributed by atoms with Crippen LogP contribution in [0.1, 0.15) is 20.8 Å². The van der Waals surface area contributed by atoms with Gasteiger partial charge in [-0.25, -0.2) is 9.78 Å². The van der Waals surface area contributed by atoms with E-state index in [0.717, 1.165) is 21.1 Å². The first-order chi connectivity index (χ1) is 10.7. The smallest absolute Gasteiger partial charge is 0.404 e. The Morgan fingerprint density at radius 2 is 2.09 bits per heavy atom. The number of carbonyl (C=O) groups excluding carboxylic acids is 1. The predicted molar refractivity (Wildman–Crippen MR) is 96.3 cm³/mol. The fourth-order valence-corrected chi connectivity index (χ4v) is 2.55. The highest BCUT2D eigenvalue weighted by Gasteiger charge is 2.26. The minimum atomic E-state index is -0.788. The highest BCUT2D eigenvalue weighted by molar-refractivity contribution is 9.10. The van der Waals surface area contributed by atoms with Gasteiger partial charge in [-0.2, -0.15) is 0 Å². The Labute approximate surface area is 143 Å². The number of nitrogens with one attached hydrogen (secondary N) is 1. The van der Waals surface area contributed by atoms with Crippen molar-refractivity contribution in [3.05, 3.63) is 28.7 Å².